The van der Waals surface area contributed by atoms with Crippen LogP contribution in [0.3, 0.4) is 0 Å². The van der Waals surface area contributed by atoms with Crippen LogP contribution < -0.4 is 23.7 Å². The molecule has 0 spiro atoms. The average molecular weight is 831 g/mol. The number of rotatable bonds is 14. The molecule has 2 heterocycles. The van der Waals surface area contributed by atoms with Gasteiger partial charge in [0.2, 0.25) is 6.79 Å². The third kappa shape index (κ3) is 9.59. The van der Waals surface area contributed by atoms with Crippen molar-refractivity contribution in [1.82, 2.24) is 15.2 Å². The van der Waals surface area contributed by atoms with Crippen LogP contribution in [0.5, 0.6) is 28.7 Å². The van der Waals surface area contributed by atoms with Crippen molar-refractivity contribution in [3.05, 3.63) is 116 Å². The van der Waals surface area contributed by atoms with Crippen molar-refractivity contribution >= 4 is 52.4 Å². The van der Waals surface area contributed by atoms with Gasteiger partial charge in [-0.3, -0.25) is 15.2 Å². The maximum Gasteiger partial charge on any atom is 0.415 e. The van der Waals surface area contributed by atoms with Crippen LogP contribution >= 0.6 is 34.8 Å². The maximum absolute atomic E-state index is 14.7. The van der Waals surface area contributed by atoms with Crippen LogP contribution in [0.4, 0.5) is 9.18 Å². The smallest absolute Gasteiger partial charge is 0.415 e. The largest absolute Gasteiger partial charge is 0.490 e. The van der Waals surface area contributed by atoms with E-state index >= 15 is 0 Å². The summed E-state index contributed by atoms with van der Waals surface area (Å²) < 4.78 is 41.8. The maximum atomic E-state index is 14.7. The van der Waals surface area contributed by atoms with Gasteiger partial charge in [0.15, 0.2) is 17.2 Å². The Morgan fingerprint density at radius 1 is 0.875 bits per heavy atom. The van der Waals surface area contributed by atoms with E-state index in [1.807, 2.05) is 12.1 Å². The lowest BCUT2D eigenvalue weighted by Gasteiger charge is -2.33. The molecule has 0 bridgehead atoms. The van der Waals surface area contributed by atoms with Crippen molar-refractivity contribution in [1.29, 1.82) is 0 Å². The van der Waals surface area contributed by atoms with Gasteiger partial charge in [0, 0.05) is 35.8 Å². The third-order valence-corrected chi connectivity index (χ3v) is 10.1. The average Bonchev–Trinajstić information content (AvgIpc) is 3.92. The Morgan fingerprint density at radius 2 is 1.59 bits per heavy atom. The van der Waals surface area contributed by atoms with Crippen molar-refractivity contribution in [3.8, 4) is 28.7 Å². The van der Waals surface area contributed by atoms with Crippen LogP contribution in [0.2, 0.25) is 15.1 Å². The number of fused-ring (bicyclic) bond motifs is 1. The molecule has 0 aromatic heterocycles. The number of benzene rings is 4. The van der Waals surface area contributed by atoms with Gasteiger partial charge >= 0.3 is 6.09 Å². The second-order valence-electron chi connectivity index (χ2n) is 13.1. The minimum atomic E-state index is -0.663. The van der Waals surface area contributed by atoms with E-state index in [1.165, 1.54) is 11.0 Å². The van der Waals surface area contributed by atoms with E-state index in [2.05, 4.69) is 4.84 Å². The zero-order valence-corrected chi connectivity index (χ0v) is 31.9. The Kier molecular flexibility index (Phi) is 12.4. The fourth-order valence-electron chi connectivity index (χ4n) is 6.34. The fourth-order valence-corrected chi connectivity index (χ4v) is 7.13. The molecule has 17 heteroatoms. The van der Waals surface area contributed by atoms with Gasteiger partial charge in [0.25, 0.3) is 5.91 Å². The van der Waals surface area contributed by atoms with E-state index < -0.39 is 17.3 Å². The third-order valence-electron chi connectivity index (χ3n) is 9.21. The molecule has 3 aliphatic rings. The number of nitrogens with zero attached hydrogens (tertiary/aromatic N) is 3. The molecule has 1 aliphatic carbocycles. The Labute approximate surface area is 335 Å². The summed E-state index contributed by atoms with van der Waals surface area (Å²) in [6.07, 6.45) is 1.33. The second-order valence-corrected chi connectivity index (χ2v) is 14.3. The van der Waals surface area contributed by atoms with Crippen molar-refractivity contribution in [3.63, 3.8) is 0 Å². The van der Waals surface area contributed by atoms with Crippen molar-refractivity contribution in [2.24, 2.45) is 0 Å². The number of hydrogen-bond donors (Lipinski definition) is 2. The second kappa shape index (κ2) is 17.6. The molecule has 7 rings (SSSR count). The van der Waals surface area contributed by atoms with Gasteiger partial charge in [-0.25, -0.2) is 14.0 Å². The summed E-state index contributed by atoms with van der Waals surface area (Å²) >= 11 is 18.8. The van der Waals surface area contributed by atoms with E-state index in [1.54, 1.807) is 47.4 Å². The molecule has 2 amide bonds. The number of halogens is 4. The fraction of sp³-hybridized carbons (Fsp3) is 0.282. The van der Waals surface area contributed by atoms with E-state index in [4.69, 9.17) is 68.9 Å². The van der Waals surface area contributed by atoms with Gasteiger partial charge in [0.1, 0.15) is 30.5 Å². The lowest BCUT2D eigenvalue weighted by atomic mass is 9.92. The molecular weight excluding hydrogens is 796 g/mol. The highest BCUT2D eigenvalue weighted by atomic mass is 35.5. The van der Waals surface area contributed by atoms with Gasteiger partial charge < -0.3 is 33.5 Å². The Balaban J connectivity index is 1.10. The van der Waals surface area contributed by atoms with Gasteiger partial charge in [0.05, 0.1) is 28.6 Å². The van der Waals surface area contributed by atoms with Crippen LogP contribution in [-0.2, 0) is 22.8 Å². The molecular formula is C39H35Cl3FN3O10. The molecule has 56 heavy (non-hydrogen) atoms. The molecule has 2 N–H and O–H groups in total. The van der Waals surface area contributed by atoms with E-state index in [0.717, 1.165) is 36.1 Å². The van der Waals surface area contributed by atoms with Crippen molar-refractivity contribution in [2.45, 2.75) is 38.5 Å². The normalized spacial score (nSPS) is 14.9. The van der Waals surface area contributed by atoms with Gasteiger partial charge in [-0.2, -0.15) is 0 Å². The van der Waals surface area contributed by atoms with Crippen LogP contribution in [0.25, 0.3) is 5.57 Å². The molecule has 2 aliphatic heterocycles. The molecule has 1 saturated carbocycles. The molecule has 13 nitrogen and oxygen atoms in total. The first-order chi connectivity index (χ1) is 27.0. The van der Waals surface area contributed by atoms with Gasteiger partial charge in [-0.05, 0) is 84.0 Å². The van der Waals surface area contributed by atoms with Crippen LogP contribution in [-0.4, -0.2) is 76.7 Å². The topological polar surface area (TPSA) is 140 Å². The quantitative estimate of drug-likeness (QED) is 0.0937. The number of hydrogen-bond acceptors (Lipinski definition) is 11. The number of ether oxygens (including phenoxy) is 5. The van der Waals surface area contributed by atoms with E-state index in [9.17, 15) is 14.0 Å². The molecule has 0 saturated heterocycles. The highest BCUT2D eigenvalue weighted by Gasteiger charge is 2.38. The zero-order valence-electron chi connectivity index (χ0n) is 29.6. The highest BCUT2D eigenvalue weighted by Crippen LogP contribution is 2.40. The SMILES string of the molecule is O=C(Oc1cccc(CON(O)O)c1)N1CCC(c2ccc(OCCOc3c(Cl)cc(F)cc3Cl)cc2)=C(C(=O)N(Cc2cc3c(cc2Cl)OCO3)C2CC2)C1. The van der Waals surface area contributed by atoms with Crippen LogP contribution in [0.15, 0.2) is 78.4 Å². The van der Waals surface area contributed by atoms with Crippen molar-refractivity contribution < 1.29 is 52.9 Å². The van der Waals surface area contributed by atoms with Gasteiger partial charge in [-0.1, -0.05) is 59.1 Å². The first-order valence-corrected chi connectivity index (χ1v) is 18.6. The zero-order chi connectivity index (χ0) is 39.3. The standard InChI is InChI=1S/C39H35Cl3FN3O10/c40-32-18-36-35(53-22-54-36)15-25(32)19-45(27-6-7-27)38(47)31-20-44(39(48)56-29-3-1-2-23(14-29)21-55-46(49)50)11-10-30(31)24-4-8-28(9-5-24)51-12-13-52-37-33(41)16-26(43)17-34(37)42/h1-5,8-9,14-18,27,49-50H,6-7,10-13,19-22H2. The summed E-state index contributed by atoms with van der Waals surface area (Å²) in [6.45, 7) is 0.590. The molecule has 4 aromatic rings. The molecule has 0 radical (unpaired) electrons. The number of carbonyl (C=O) groups excluding carboxylic acids is 2. The first kappa shape index (κ1) is 39.4. The summed E-state index contributed by atoms with van der Waals surface area (Å²) in [5.74, 6) is 1.20. The molecule has 0 unspecified atom stereocenters. The van der Waals surface area contributed by atoms with E-state index in [-0.39, 0.29) is 79.7 Å². The predicted molar refractivity (Wildman–Crippen MR) is 201 cm³/mol. The Morgan fingerprint density at radius 3 is 2.30 bits per heavy atom. The molecule has 294 valence electrons. The Hall–Kier alpha value is -4.80. The summed E-state index contributed by atoms with van der Waals surface area (Å²) in [4.78, 5) is 36.2. The first-order valence-electron chi connectivity index (χ1n) is 17.5. The summed E-state index contributed by atoms with van der Waals surface area (Å²) in [5, 5.41) is 17.9. The minimum absolute atomic E-state index is 0.0172. The monoisotopic (exact) mass is 829 g/mol. The molecule has 1 fully saturated rings. The number of amides is 2. The van der Waals surface area contributed by atoms with Crippen LogP contribution in [0.1, 0.15) is 36.0 Å². The minimum Gasteiger partial charge on any atom is -0.490 e. The van der Waals surface area contributed by atoms with Crippen molar-refractivity contribution in [2.75, 3.05) is 33.1 Å². The predicted octanol–water partition coefficient (Wildman–Crippen LogP) is 8.33. The lowest BCUT2D eigenvalue weighted by Crippen LogP contribution is -2.44. The Bertz CT molecular complexity index is 2110. The molecule has 4 aromatic carbocycles. The summed E-state index contributed by atoms with van der Waals surface area (Å²) in [5.41, 5.74) is 3.20. The van der Waals surface area contributed by atoms with Gasteiger partial charge in [-0.15, -0.1) is 0 Å². The summed E-state index contributed by atoms with van der Waals surface area (Å²) in [7, 11) is 0. The van der Waals surface area contributed by atoms with Crippen LogP contribution in [0, 0.1) is 5.82 Å². The highest BCUT2D eigenvalue weighted by molar-refractivity contribution is 6.37. The lowest BCUT2D eigenvalue weighted by molar-refractivity contribution is -0.497. The number of carbonyl (C=O) groups is 2. The van der Waals surface area contributed by atoms with E-state index in [0.29, 0.717) is 45.4 Å². The summed E-state index contributed by atoms with van der Waals surface area (Å²) in [6, 6.07) is 19.4. The molecule has 0 atom stereocenters.